The minimum Gasteiger partial charge on any atom is -0.335 e. The summed E-state index contributed by atoms with van der Waals surface area (Å²) < 4.78 is 2.18. The van der Waals surface area contributed by atoms with Crippen LogP contribution in [0.4, 0.5) is 4.79 Å². The van der Waals surface area contributed by atoms with Crippen molar-refractivity contribution >= 4 is 6.03 Å². The zero-order valence-electron chi connectivity index (χ0n) is 16.4. The first kappa shape index (κ1) is 18.1. The molecule has 1 N–H and O–H groups in total. The van der Waals surface area contributed by atoms with Crippen molar-refractivity contribution < 1.29 is 4.79 Å². The molecule has 2 aliphatic rings. The van der Waals surface area contributed by atoms with Gasteiger partial charge in [-0.1, -0.05) is 38.1 Å². The van der Waals surface area contributed by atoms with E-state index < -0.39 is 0 Å². The fourth-order valence-corrected chi connectivity index (χ4v) is 4.36. The second-order valence-electron chi connectivity index (χ2n) is 8.20. The Morgan fingerprint density at radius 2 is 1.96 bits per heavy atom. The van der Waals surface area contributed by atoms with Crippen LogP contribution in [0.5, 0.6) is 0 Å². The minimum absolute atomic E-state index is 0.0812. The highest BCUT2D eigenvalue weighted by molar-refractivity contribution is 5.75. The molecule has 5 heteroatoms. The third kappa shape index (κ3) is 3.87. The third-order valence-electron chi connectivity index (χ3n) is 6.03. The van der Waals surface area contributed by atoms with E-state index in [0.29, 0.717) is 5.92 Å². The molecule has 0 spiro atoms. The van der Waals surface area contributed by atoms with Crippen molar-refractivity contribution in [3.8, 4) is 0 Å². The summed E-state index contributed by atoms with van der Waals surface area (Å²) in [7, 11) is 0. The lowest BCUT2D eigenvalue weighted by Crippen LogP contribution is -2.49. The van der Waals surface area contributed by atoms with E-state index in [4.69, 9.17) is 0 Å². The van der Waals surface area contributed by atoms with Gasteiger partial charge in [0.05, 0.1) is 6.04 Å². The minimum atomic E-state index is 0.0812. The van der Waals surface area contributed by atoms with E-state index in [1.165, 1.54) is 17.5 Å². The summed E-state index contributed by atoms with van der Waals surface area (Å²) >= 11 is 0. The second-order valence-corrected chi connectivity index (χ2v) is 8.20. The number of nitrogens with one attached hydrogen (secondary N) is 1. The van der Waals surface area contributed by atoms with Crippen molar-refractivity contribution in [1.82, 2.24) is 19.8 Å². The van der Waals surface area contributed by atoms with E-state index in [1.54, 1.807) is 0 Å². The van der Waals surface area contributed by atoms with Crippen LogP contribution in [0.1, 0.15) is 68.4 Å². The first-order valence-electron chi connectivity index (χ1n) is 10.3. The number of imidazole rings is 1. The molecule has 27 heavy (non-hydrogen) atoms. The number of aryl methyl sites for hydroxylation is 1. The van der Waals surface area contributed by atoms with E-state index in [0.717, 1.165) is 44.6 Å². The average molecular weight is 367 g/mol. The number of nitrogens with zero attached hydrogens (tertiary/aromatic N) is 3. The first-order chi connectivity index (χ1) is 13.1. The standard InChI is InChI=1S/C22H30N4O/c1-16(2)17-6-8-18(9-7-17)20-5-3-4-12-26(20)22(27)24-19-10-13-25-14-11-23-21(25)15-19/h6-9,11,14,16,19-20H,3-5,10,12-13,15H2,1-2H3,(H,24,27). The zero-order valence-corrected chi connectivity index (χ0v) is 16.4. The maximum absolute atomic E-state index is 13.1. The normalized spacial score (nSPS) is 22.6. The van der Waals surface area contributed by atoms with Crippen molar-refractivity contribution in [2.24, 2.45) is 0 Å². The molecule has 5 nitrogen and oxygen atoms in total. The smallest absolute Gasteiger partial charge is 0.318 e. The number of likely N-dealkylation sites (tertiary alicyclic amines) is 1. The molecule has 1 saturated heterocycles. The van der Waals surface area contributed by atoms with Crippen molar-refractivity contribution in [1.29, 1.82) is 0 Å². The summed E-state index contributed by atoms with van der Waals surface area (Å²) in [6.45, 7) is 6.19. The van der Waals surface area contributed by atoms with E-state index in [9.17, 15) is 4.79 Å². The number of fused-ring (bicyclic) bond motifs is 1. The highest BCUT2D eigenvalue weighted by Crippen LogP contribution is 2.32. The molecule has 0 saturated carbocycles. The van der Waals surface area contributed by atoms with Gasteiger partial charge in [0.15, 0.2) is 0 Å². The molecule has 1 aromatic carbocycles. The molecule has 1 fully saturated rings. The van der Waals surface area contributed by atoms with Gasteiger partial charge in [-0.25, -0.2) is 9.78 Å². The second kappa shape index (κ2) is 7.75. The van der Waals surface area contributed by atoms with Crippen LogP contribution in [-0.2, 0) is 13.0 Å². The number of piperidine rings is 1. The molecule has 4 rings (SSSR count). The maximum atomic E-state index is 13.1. The van der Waals surface area contributed by atoms with Gasteiger partial charge in [-0.05, 0) is 42.7 Å². The molecule has 2 amide bonds. The van der Waals surface area contributed by atoms with E-state index in [2.05, 4.69) is 57.9 Å². The molecule has 1 aromatic heterocycles. The lowest BCUT2D eigenvalue weighted by molar-refractivity contribution is 0.146. The third-order valence-corrected chi connectivity index (χ3v) is 6.03. The molecule has 0 bridgehead atoms. The van der Waals surface area contributed by atoms with Crippen molar-refractivity contribution in [3.05, 3.63) is 53.6 Å². The Bertz CT molecular complexity index is 780. The quantitative estimate of drug-likeness (QED) is 0.882. The topological polar surface area (TPSA) is 50.2 Å². The van der Waals surface area contributed by atoms with Crippen molar-refractivity contribution in [3.63, 3.8) is 0 Å². The Balaban J connectivity index is 1.44. The number of hydrogen-bond acceptors (Lipinski definition) is 2. The summed E-state index contributed by atoms with van der Waals surface area (Å²) in [5, 5.41) is 3.28. The fourth-order valence-electron chi connectivity index (χ4n) is 4.36. The van der Waals surface area contributed by atoms with Crippen LogP contribution in [0.3, 0.4) is 0 Å². The Labute approximate surface area is 161 Å². The largest absolute Gasteiger partial charge is 0.335 e. The van der Waals surface area contributed by atoms with Crippen LogP contribution in [0.25, 0.3) is 0 Å². The summed E-state index contributed by atoms with van der Waals surface area (Å²) in [5.41, 5.74) is 2.61. The van der Waals surface area contributed by atoms with E-state index in [1.807, 2.05) is 12.4 Å². The van der Waals surface area contributed by atoms with E-state index >= 15 is 0 Å². The zero-order chi connectivity index (χ0) is 18.8. The predicted octanol–water partition coefficient (Wildman–Crippen LogP) is 4.26. The molecule has 2 aromatic rings. The van der Waals surface area contributed by atoms with Gasteiger partial charge in [0, 0.05) is 37.9 Å². The number of carbonyl (C=O) groups excluding carboxylic acids is 1. The van der Waals surface area contributed by atoms with Gasteiger partial charge in [-0.15, -0.1) is 0 Å². The number of benzene rings is 1. The Hall–Kier alpha value is -2.30. The molecule has 3 heterocycles. The van der Waals surface area contributed by atoms with Gasteiger partial charge in [0.2, 0.25) is 0 Å². The highest BCUT2D eigenvalue weighted by atomic mass is 16.2. The molecular formula is C22H30N4O. The molecule has 2 atom stereocenters. The average Bonchev–Trinajstić information content (AvgIpc) is 3.16. The van der Waals surface area contributed by atoms with Gasteiger partial charge >= 0.3 is 6.03 Å². The van der Waals surface area contributed by atoms with Crippen LogP contribution in [0.2, 0.25) is 0 Å². The molecule has 144 valence electrons. The highest BCUT2D eigenvalue weighted by Gasteiger charge is 2.30. The van der Waals surface area contributed by atoms with Gasteiger partial charge in [-0.3, -0.25) is 0 Å². The molecule has 0 aliphatic carbocycles. The molecular weight excluding hydrogens is 336 g/mol. The van der Waals surface area contributed by atoms with Crippen LogP contribution in [0.15, 0.2) is 36.7 Å². The van der Waals surface area contributed by atoms with Crippen LogP contribution < -0.4 is 5.32 Å². The van der Waals surface area contributed by atoms with Gasteiger partial charge in [0.25, 0.3) is 0 Å². The van der Waals surface area contributed by atoms with Gasteiger partial charge in [-0.2, -0.15) is 0 Å². The lowest BCUT2D eigenvalue weighted by Gasteiger charge is -2.37. The number of carbonyl (C=O) groups is 1. The number of urea groups is 1. The Morgan fingerprint density at radius 3 is 2.74 bits per heavy atom. The monoisotopic (exact) mass is 366 g/mol. The predicted molar refractivity (Wildman–Crippen MR) is 107 cm³/mol. The van der Waals surface area contributed by atoms with Crippen LogP contribution >= 0.6 is 0 Å². The number of aromatic nitrogens is 2. The maximum Gasteiger partial charge on any atom is 0.318 e. The Kier molecular flexibility index (Phi) is 5.19. The fraction of sp³-hybridized carbons (Fsp3) is 0.545. The molecule has 2 unspecified atom stereocenters. The lowest BCUT2D eigenvalue weighted by atomic mass is 9.93. The molecule has 2 aliphatic heterocycles. The summed E-state index contributed by atoms with van der Waals surface area (Å²) in [6, 6.07) is 9.30. The number of hydrogen-bond donors (Lipinski definition) is 1. The molecule has 0 radical (unpaired) electrons. The first-order valence-corrected chi connectivity index (χ1v) is 10.3. The number of rotatable bonds is 3. The Morgan fingerprint density at radius 1 is 1.15 bits per heavy atom. The van der Waals surface area contributed by atoms with Crippen molar-refractivity contribution in [2.45, 2.75) is 70.5 Å². The van der Waals surface area contributed by atoms with Crippen molar-refractivity contribution in [2.75, 3.05) is 6.54 Å². The van der Waals surface area contributed by atoms with E-state index in [-0.39, 0.29) is 18.1 Å². The van der Waals surface area contributed by atoms with Gasteiger partial charge in [0.1, 0.15) is 5.82 Å². The summed E-state index contributed by atoms with van der Waals surface area (Å²) in [5.74, 6) is 1.61. The SMILES string of the molecule is CC(C)c1ccc(C2CCCCN2C(=O)NC2CCn3ccnc3C2)cc1. The summed E-state index contributed by atoms with van der Waals surface area (Å²) in [4.78, 5) is 19.5. The number of amides is 2. The van der Waals surface area contributed by atoms with Gasteiger partial charge < -0.3 is 14.8 Å². The summed E-state index contributed by atoms with van der Waals surface area (Å²) in [6.07, 6.45) is 8.97. The van der Waals surface area contributed by atoms with Crippen LogP contribution in [-0.4, -0.2) is 33.1 Å². The van der Waals surface area contributed by atoms with Crippen LogP contribution in [0, 0.1) is 0 Å².